The highest BCUT2D eigenvalue weighted by atomic mass is 16.6. The van der Waals surface area contributed by atoms with Crippen LogP contribution < -0.4 is 5.32 Å². The quantitative estimate of drug-likeness (QED) is 0.291. The number of cyclic esters (lactones) is 1. The highest BCUT2D eigenvalue weighted by molar-refractivity contribution is 5.69. The summed E-state index contributed by atoms with van der Waals surface area (Å²) < 4.78 is 4.76. The van der Waals surface area contributed by atoms with Crippen LogP contribution in [-0.4, -0.2) is 65.5 Å². The zero-order valence-corrected chi connectivity index (χ0v) is 12.3. The van der Waals surface area contributed by atoms with Gasteiger partial charge in [0.1, 0.15) is 0 Å². The molecule has 1 aliphatic heterocycles. The van der Waals surface area contributed by atoms with Crippen molar-refractivity contribution in [1.82, 2.24) is 5.32 Å². The molecule has 0 unspecified atom stereocenters. The Morgan fingerprint density at radius 1 is 1.10 bits per heavy atom. The molecule has 1 heterocycles. The monoisotopic (exact) mass is 309 g/mol. The van der Waals surface area contributed by atoms with Crippen LogP contribution in [-0.2, 0) is 9.53 Å². The fourth-order valence-corrected chi connectivity index (χ4v) is 1.09. The van der Waals surface area contributed by atoms with Crippen LogP contribution >= 0.6 is 0 Å². The van der Waals surface area contributed by atoms with Gasteiger partial charge < -0.3 is 30.5 Å². The van der Waals surface area contributed by atoms with Crippen molar-refractivity contribution in [3.8, 4) is 0 Å². The van der Waals surface area contributed by atoms with E-state index >= 15 is 0 Å². The Morgan fingerprint density at radius 2 is 1.57 bits per heavy atom. The SMILES string of the molecule is C=C.O=C(O)O.O=C1CCCCCO1.OCCNCCO. The number of hydrogen-bond donors (Lipinski definition) is 5. The van der Waals surface area contributed by atoms with Crippen LogP contribution in [0.15, 0.2) is 13.2 Å². The maximum atomic E-state index is 10.5. The summed E-state index contributed by atoms with van der Waals surface area (Å²) in [7, 11) is 0. The van der Waals surface area contributed by atoms with Crippen molar-refractivity contribution in [2.75, 3.05) is 32.9 Å². The molecular formula is C13H27NO7. The van der Waals surface area contributed by atoms with Gasteiger partial charge in [-0.05, 0) is 19.3 Å². The molecule has 8 heteroatoms. The number of nitrogens with one attached hydrogen (secondary N) is 1. The minimum atomic E-state index is -1.83. The van der Waals surface area contributed by atoms with E-state index in [0.29, 0.717) is 26.1 Å². The molecule has 0 amide bonds. The molecule has 1 aliphatic rings. The van der Waals surface area contributed by atoms with Gasteiger partial charge in [-0.2, -0.15) is 0 Å². The van der Waals surface area contributed by atoms with E-state index in [-0.39, 0.29) is 19.2 Å². The van der Waals surface area contributed by atoms with E-state index in [9.17, 15) is 4.79 Å². The van der Waals surface area contributed by atoms with Crippen LogP contribution in [0.25, 0.3) is 0 Å². The van der Waals surface area contributed by atoms with Gasteiger partial charge in [0.15, 0.2) is 0 Å². The Labute approximate surface area is 125 Å². The summed E-state index contributed by atoms with van der Waals surface area (Å²) in [5.41, 5.74) is 0. The number of carbonyl (C=O) groups excluding carboxylic acids is 1. The third-order valence-corrected chi connectivity index (χ3v) is 1.87. The summed E-state index contributed by atoms with van der Waals surface area (Å²) in [4.78, 5) is 19.0. The van der Waals surface area contributed by atoms with E-state index in [4.69, 9.17) is 30.0 Å². The van der Waals surface area contributed by atoms with Crippen molar-refractivity contribution in [2.24, 2.45) is 0 Å². The molecule has 0 bridgehead atoms. The molecule has 1 rings (SSSR count). The maximum Gasteiger partial charge on any atom is 0.503 e. The number of carbonyl (C=O) groups is 2. The van der Waals surface area contributed by atoms with Crippen LogP contribution in [0.2, 0.25) is 0 Å². The largest absolute Gasteiger partial charge is 0.503 e. The van der Waals surface area contributed by atoms with Crippen molar-refractivity contribution in [1.29, 1.82) is 0 Å². The third-order valence-electron chi connectivity index (χ3n) is 1.87. The minimum Gasteiger partial charge on any atom is -0.466 e. The van der Waals surface area contributed by atoms with Crippen LogP contribution in [0.3, 0.4) is 0 Å². The molecule has 0 radical (unpaired) electrons. The summed E-state index contributed by atoms with van der Waals surface area (Å²) in [5.74, 6) is -0.0255. The lowest BCUT2D eigenvalue weighted by molar-refractivity contribution is -0.142. The highest BCUT2D eigenvalue weighted by Crippen LogP contribution is 2.06. The van der Waals surface area contributed by atoms with Crippen LogP contribution in [0, 0.1) is 0 Å². The molecule has 0 saturated carbocycles. The van der Waals surface area contributed by atoms with Gasteiger partial charge in [-0.1, -0.05) is 0 Å². The molecule has 1 saturated heterocycles. The summed E-state index contributed by atoms with van der Waals surface area (Å²) in [6.45, 7) is 8.06. The van der Waals surface area contributed by atoms with Gasteiger partial charge in [0.2, 0.25) is 0 Å². The molecule has 21 heavy (non-hydrogen) atoms. The van der Waals surface area contributed by atoms with Crippen LogP contribution in [0.4, 0.5) is 4.79 Å². The minimum absolute atomic E-state index is 0.0255. The predicted molar refractivity (Wildman–Crippen MR) is 78.4 cm³/mol. The normalized spacial score (nSPS) is 12.8. The summed E-state index contributed by atoms with van der Waals surface area (Å²) in [6, 6.07) is 0. The number of rotatable bonds is 4. The topological polar surface area (TPSA) is 136 Å². The van der Waals surface area contributed by atoms with Gasteiger partial charge in [0.25, 0.3) is 0 Å². The predicted octanol–water partition coefficient (Wildman–Crippen LogP) is 0.689. The summed E-state index contributed by atoms with van der Waals surface area (Å²) in [5, 5.41) is 33.0. The van der Waals surface area contributed by atoms with Crippen molar-refractivity contribution in [3.05, 3.63) is 13.2 Å². The van der Waals surface area contributed by atoms with E-state index in [1.165, 1.54) is 0 Å². The second kappa shape index (κ2) is 23.5. The molecule has 0 aliphatic carbocycles. The number of ether oxygens (including phenoxy) is 1. The van der Waals surface area contributed by atoms with Gasteiger partial charge in [-0.3, -0.25) is 4.79 Å². The van der Waals surface area contributed by atoms with Crippen LogP contribution in [0.5, 0.6) is 0 Å². The third kappa shape index (κ3) is 38.1. The zero-order chi connectivity index (χ0) is 16.9. The average molecular weight is 309 g/mol. The Hall–Kier alpha value is -1.64. The molecule has 8 nitrogen and oxygen atoms in total. The Kier molecular flexibility index (Phi) is 27.2. The highest BCUT2D eigenvalue weighted by Gasteiger charge is 2.05. The lowest BCUT2D eigenvalue weighted by Gasteiger charge is -1.94. The fraction of sp³-hybridized carbons (Fsp3) is 0.692. The van der Waals surface area contributed by atoms with Crippen molar-refractivity contribution < 1.29 is 34.8 Å². The van der Waals surface area contributed by atoms with Crippen LogP contribution in [0.1, 0.15) is 25.7 Å². The number of aliphatic hydroxyl groups excluding tert-OH is 2. The molecule has 0 atom stereocenters. The number of carboxylic acid groups (broad SMARTS) is 2. The second-order valence-electron chi connectivity index (χ2n) is 3.51. The van der Waals surface area contributed by atoms with Gasteiger partial charge in [0, 0.05) is 19.5 Å². The van der Waals surface area contributed by atoms with E-state index in [0.717, 1.165) is 19.3 Å². The smallest absolute Gasteiger partial charge is 0.466 e. The van der Waals surface area contributed by atoms with Gasteiger partial charge in [0.05, 0.1) is 19.8 Å². The molecular weight excluding hydrogens is 282 g/mol. The summed E-state index contributed by atoms with van der Waals surface area (Å²) in [6.07, 6.45) is 2.00. The standard InChI is InChI=1S/C6H10O2.C4H11NO2.C2H4.CH2O3/c7-6-4-2-1-3-5-8-6;6-3-1-5-2-4-7;1-2;2-1(3)4/h1-5H2;5-7H,1-4H2;1-2H2;(H2,2,3,4). The van der Waals surface area contributed by atoms with E-state index < -0.39 is 6.16 Å². The van der Waals surface area contributed by atoms with Crippen molar-refractivity contribution >= 4 is 12.1 Å². The van der Waals surface area contributed by atoms with Gasteiger partial charge in [-0.15, -0.1) is 13.2 Å². The fourth-order valence-electron chi connectivity index (χ4n) is 1.09. The lowest BCUT2D eigenvalue weighted by atomic mass is 10.2. The number of aliphatic hydroxyl groups is 2. The van der Waals surface area contributed by atoms with Gasteiger partial charge >= 0.3 is 12.1 Å². The Morgan fingerprint density at radius 3 is 2.00 bits per heavy atom. The van der Waals surface area contributed by atoms with E-state index in [1.807, 2.05) is 0 Å². The molecule has 5 N–H and O–H groups in total. The van der Waals surface area contributed by atoms with Crippen molar-refractivity contribution in [3.63, 3.8) is 0 Å². The van der Waals surface area contributed by atoms with Crippen molar-refractivity contribution in [2.45, 2.75) is 25.7 Å². The molecule has 0 aromatic rings. The first-order valence-electron chi connectivity index (χ1n) is 6.54. The average Bonchev–Trinajstić information content (AvgIpc) is 2.69. The van der Waals surface area contributed by atoms with Gasteiger partial charge in [-0.25, -0.2) is 4.79 Å². The first kappa shape index (κ1) is 24.4. The van der Waals surface area contributed by atoms with E-state index in [1.54, 1.807) is 0 Å². The zero-order valence-electron chi connectivity index (χ0n) is 12.3. The lowest BCUT2D eigenvalue weighted by Crippen LogP contribution is -2.21. The molecule has 126 valence electrons. The molecule has 1 fully saturated rings. The Bertz CT molecular complexity index is 219. The molecule has 0 aromatic carbocycles. The second-order valence-corrected chi connectivity index (χ2v) is 3.51. The Balaban J connectivity index is -0.000000229. The number of esters is 1. The number of hydrogen-bond acceptors (Lipinski definition) is 6. The molecule has 0 aromatic heterocycles. The molecule has 0 spiro atoms. The van der Waals surface area contributed by atoms with E-state index in [2.05, 4.69) is 18.5 Å². The maximum absolute atomic E-state index is 10.5. The first-order valence-corrected chi connectivity index (χ1v) is 6.54. The first-order chi connectivity index (χ1) is 10.0. The summed E-state index contributed by atoms with van der Waals surface area (Å²) >= 11 is 0.